The Morgan fingerprint density at radius 3 is 2.90 bits per heavy atom. The minimum absolute atomic E-state index is 0.133. The molecular weight excluding hydrogens is 266 g/mol. The second kappa shape index (κ2) is 6.47. The van der Waals surface area contributed by atoms with Crippen LogP contribution in [0.3, 0.4) is 0 Å². The van der Waals surface area contributed by atoms with E-state index in [1.54, 1.807) is 0 Å². The number of rotatable bonds is 5. The normalized spacial score (nSPS) is 17.6. The van der Waals surface area contributed by atoms with E-state index in [4.69, 9.17) is 9.47 Å². The van der Waals surface area contributed by atoms with Crippen molar-refractivity contribution in [2.75, 3.05) is 20.3 Å². The van der Waals surface area contributed by atoms with Crippen LogP contribution in [0.4, 0.5) is 5.69 Å². The van der Waals surface area contributed by atoms with Crippen molar-refractivity contribution in [3.8, 4) is 0 Å². The lowest BCUT2D eigenvalue weighted by molar-refractivity contribution is -0.385. The van der Waals surface area contributed by atoms with Crippen LogP contribution in [-0.4, -0.2) is 41.0 Å². The average molecular weight is 283 g/mol. The first-order chi connectivity index (χ1) is 9.61. The number of nitrogens with zero attached hydrogens (tertiary/aromatic N) is 3. The summed E-state index contributed by atoms with van der Waals surface area (Å²) >= 11 is 0. The number of aromatic nitrogens is 2. The molecule has 1 aromatic heterocycles. The van der Waals surface area contributed by atoms with Crippen molar-refractivity contribution in [3.63, 3.8) is 0 Å². The van der Waals surface area contributed by atoms with Gasteiger partial charge in [0.25, 0.3) is 0 Å². The Morgan fingerprint density at radius 1 is 1.65 bits per heavy atom. The van der Waals surface area contributed by atoms with Crippen LogP contribution in [0.5, 0.6) is 0 Å². The van der Waals surface area contributed by atoms with Gasteiger partial charge in [-0.3, -0.25) is 14.8 Å². The van der Waals surface area contributed by atoms with Gasteiger partial charge >= 0.3 is 11.7 Å². The number of ether oxygens (including phenoxy) is 2. The summed E-state index contributed by atoms with van der Waals surface area (Å²) in [5.41, 5.74) is -0.133. The van der Waals surface area contributed by atoms with Crippen molar-refractivity contribution >= 4 is 11.7 Å². The molecule has 1 unspecified atom stereocenters. The molecule has 0 N–H and O–H groups in total. The summed E-state index contributed by atoms with van der Waals surface area (Å²) in [7, 11) is 1.30. The molecule has 1 fully saturated rings. The van der Waals surface area contributed by atoms with Crippen molar-refractivity contribution in [1.82, 2.24) is 9.78 Å². The van der Waals surface area contributed by atoms with Gasteiger partial charge in [-0.25, -0.2) is 4.79 Å². The predicted molar refractivity (Wildman–Crippen MR) is 68.1 cm³/mol. The van der Waals surface area contributed by atoms with Gasteiger partial charge in [-0.2, -0.15) is 5.10 Å². The van der Waals surface area contributed by atoms with Crippen LogP contribution in [0.25, 0.3) is 0 Å². The number of esters is 1. The van der Waals surface area contributed by atoms with E-state index in [1.807, 2.05) is 0 Å². The predicted octanol–water partition coefficient (Wildman–Crippen LogP) is 1.32. The van der Waals surface area contributed by atoms with Gasteiger partial charge in [0.15, 0.2) is 0 Å². The quantitative estimate of drug-likeness (QED) is 0.459. The average Bonchev–Trinajstić information content (AvgIpc) is 2.95. The molecule has 0 amide bonds. The molecule has 1 aliphatic heterocycles. The monoisotopic (exact) mass is 283 g/mol. The van der Waals surface area contributed by atoms with Gasteiger partial charge in [0.1, 0.15) is 18.4 Å². The van der Waals surface area contributed by atoms with Crippen LogP contribution < -0.4 is 0 Å². The van der Waals surface area contributed by atoms with Crippen LogP contribution in [-0.2, 0) is 14.3 Å². The Labute approximate surface area is 115 Å². The molecule has 110 valence electrons. The third-order valence-electron chi connectivity index (χ3n) is 3.49. The molecule has 2 heterocycles. The number of nitro groups is 1. The molecule has 0 aromatic carbocycles. The van der Waals surface area contributed by atoms with E-state index in [0.717, 1.165) is 19.0 Å². The van der Waals surface area contributed by atoms with Crippen LogP contribution >= 0.6 is 0 Å². The molecule has 1 atom stereocenters. The van der Waals surface area contributed by atoms with Crippen LogP contribution in [0.2, 0.25) is 0 Å². The highest BCUT2D eigenvalue weighted by molar-refractivity contribution is 5.74. The van der Waals surface area contributed by atoms with E-state index in [0.29, 0.717) is 25.6 Å². The van der Waals surface area contributed by atoms with Crippen LogP contribution in [0.1, 0.15) is 25.3 Å². The van der Waals surface area contributed by atoms with Crippen molar-refractivity contribution in [1.29, 1.82) is 0 Å². The third-order valence-corrected chi connectivity index (χ3v) is 3.49. The van der Waals surface area contributed by atoms with E-state index >= 15 is 0 Å². The molecule has 2 rings (SSSR count). The van der Waals surface area contributed by atoms with E-state index in [1.165, 1.54) is 18.0 Å². The molecule has 0 aliphatic carbocycles. The highest BCUT2D eigenvalue weighted by atomic mass is 16.6. The SMILES string of the molecule is COC(=O)C(CC1CCOCC1)n1cc([N+](=O)[O-])cn1. The molecule has 0 saturated carbocycles. The molecule has 0 radical (unpaired) electrons. The second-order valence-electron chi connectivity index (χ2n) is 4.77. The summed E-state index contributed by atoms with van der Waals surface area (Å²) in [6.07, 6.45) is 4.70. The molecule has 0 bridgehead atoms. The first kappa shape index (κ1) is 14.4. The molecule has 20 heavy (non-hydrogen) atoms. The summed E-state index contributed by atoms with van der Waals surface area (Å²) in [6.45, 7) is 1.36. The van der Waals surface area contributed by atoms with E-state index in [2.05, 4.69) is 5.10 Å². The topological polar surface area (TPSA) is 96.5 Å². The number of carbonyl (C=O) groups excluding carboxylic acids is 1. The first-order valence-corrected chi connectivity index (χ1v) is 6.46. The Hall–Kier alpha value is -1.96. The zero-order chi connectivity index (χ0) is 14.5. The Kier molecular flexibility index (Phi) is 4.67. The summed E-state index contributed by atoms with van der Waals surface area (Å²) < 4.78 is 11.4. The van der Waals surface area contributed by atoms with E-state index in [-0.39, 0.29) is 5.69 Å². The molecule has 8 heteroatoms. The highest BCUT2D eigenvalue weighted by Crippen LogP contribution is 2.27. The van der Waals surface area contributed by atoms with Gasteiger partial charge in [-0.15, -0.1) is 0 Å². The maximum atomic E-state index is 11.9. The van der Waals surface area contributed by atoms with Gasteiger partial charge in [0.2, 0.25) is 0 Å². The lowest BCUT2D eigenvalue weighted by Crippen LogP contribution is -2.26. The summed E-state index contributed by atoms with van der Waals surface area (Å²) in [5, 5.41) is 14.6. The smallest absolute Gasteiger partial charge is 0.330 e. The maximum Gasteiger partial charge on any atom is 0.330 e. The Morgan fingerprint density at radius 2 is 2.35 bits per heavy atom. The Bertz CT molecular complexity index is 481. The summed E-state index contributed by atoms with van der Waals surface area (Å²) in [6, 6.07) is -0.628. The fourth-order valence-electron chi connectivity index (χ4n) is 2.34. The number of methoxy groups -OCH3 is 1. The maximum absolute atomic E-state index is 11.9. The number of carbonyl (C=O) groups is 1. The van der Waals surface area contributed by atoms with Gasteiger partial charge in [-0.05, 0) is 25.2 Å². The van der Waals surface area contributed by atoms with Gasteiger partial charge in [-0.1, -0.05) is 0 Å². The number of hydrogen-bond donors (Lipinski definition) is 0. The van der Waals surface area contributed by atoms with Crippen LogP contribution in [0.15, 0.2) is 12.4 Å². The minimum atomic E-state index is -0.628. The first-order valence-electron chi connectivity index (χ1n) is 6.46. The molecular formula is C12H17N3O5. The van der Waals surface area contributed by atoms with Crippen molar-refractivity contribution in [2.24, 2.45) is 5.92 Å². The van der Waals surface area contributed by atoms with Gasteiger partial charge in [0.05, 0.1) is 12.0 Å². The highest BCUT2D eigenvalue weighted by Gasteiger charge is 2.28. The van der Waals surface area contributed by atoms with Crippen molar-refractivity contribution < 1.29 is 19.2 Å². The summed E-state index contributed by atoms with van der Waals surface area (Å²) in [4.78, 5) is 22.0. The minimum Gasteiger partial charge on any atom is -0.467 e. The zero-order valence-corrected chi connectivity index (χ0v) is 11.2. The Balaban J connectivity index is 2.13. The van der Waals surface area contributed by atoms with Crippen LogP contribution in [0, 0.1) is 16.0 Å². The fraction of sp³-hybridized carbons (Fsp3) is 0.667. The fourth-order valence-corrected chi connectivity index (χ4v) is 2.34. The summed E-state index contributed by atoms with van der Waals surface area (Å²) in [5.74, 6) is -0.106. The molecule has 1 aliphatic rings. The lowest BCUT2D eigenvalue weighted by Gasteiger charge is -2.25. The third kappa shape index (κ3) is 3.32. The lowest BCUT2D eigenvalue weighted by atomic mass is 9.92. The standard InChI is InChI=1S/C12H17N3O5/c1-19-12(16)11(6-9-2-4-20-5-3-9)14-8-10(7-13-14)15(17)18/h7-9,11H,2-6H2,1H3. The molecule has 0 spiro atoms. The zero-order valence-electron chi connectivity index (χ0n) is 11.2. The largest absolute Gasteiger partial charge is 0.467 e. The van der Waals surface area contributed by atoms with Gasteiger partial charge in [0, 0.05) is 13.2 Å². The number of hydrogen-bond acceptors (Lipinski definition) is 6. The van der Waals surface area contributed by atoms with E-state index in [9.17, 15) is 14.9 Å². The molecule has 8 nitrogen and oxygen atoms in total. The molecule has 1 saturated heterocycles. The second-order valence-corrected chi connectivity index (χ2v) is 4.77. The van der Waals surface area contributed by atoms with E-state index < -0.39 is 16.9 Å². The van der Waals surface area contributed by atoms with Crippen molar-refractivity contribution in [3.05, 3.63) is 22.5 Å². The van der Waals surface area contributed by atoms with Gasteiger partial charge < -0.3 is 9.47 Å². The van der Waals surface area contributed by atoms with Crippen molar-refractivity contribution in [2.45, 2.75) is 25.3 Å². The molecule has 1 aromatic rings.